The lowest BCUT2D eigenvalue weighted by Gasteiger charge is -2.33. The molecule has 33 heavy (non-hydrogen) atoms. The van der Waals surface area contributed by atoms with Crippen LogP contribution in [0.4, 0.5) is 10.2 Å². The molecule has 3 aromatic heterocycles. The Balaban J connectivity index is 1.27. The van der Waals surface area contributed by atoms with E-state index in [1.807, 2.05) is 31.3 Å². The first-order valence-corrected chi connectivity index (χ1v) is 11.7. The highest BCUT2D eigenvalue weighted by Crippen LogP contribution is 2.30. The van der Waals surface area contributed by atoms with Gasteiger partial charge >= 0.3 is 0 Å². The van der Waals surface area contributed by atoms with Crippen LogP contribution in [0.15, 0.2) is 48.7 Å². The fraction of sp³-hybridized carbons (Fsp3) is 0.292. The first kappa shape index (κ1) is 21.5. The van der Waals surface area contributed by atoms with Crippen LogP contribution in [-0.2, 0) is 6.54 Å². The van der Waals surface area contributed by atoms with Gasteiger partial charge in [0, 0.05) is 44.3 Å². The molecule has 0 spiro atoms. The molecule has 5 rings (SSSR count). The number of nitrogens with zero attached hydrogens (tertiary/aromatic N) is 5. The minimum absolute atomic E-state index is 0.135. The molecule has 7 nitrogen and oxygen atoms in total. The molecule has 0 aliphatic carbocycles. The molecule has 0 bridgehead atoms. The van der Waals surface area contributed by atoms with Crippen LogP contribution in [0, 0.1) is 12.7 Å². The number of benzene rings is 1. The lowest BCUT2D eigenvalue weighted by atomic mass is 10.2. The summed E-state index contributed by atoms with van der Waals surface area (Å²) in [5, 5.41) is 8.47. The van der Waals surface area contributed by atoms with Crippen molar-refractivity contribution in [2.45, 2.75) is 13.5 Å². The summed E-state index contributed by atoms with van der Waals surface area (Å²) in [5.41, 5.74) is 2.54. The average Bonchev–Trinajstić information content (AvgIpc) is 3.40. The number of amides is 1. The second-order valence-corrected chi connectivity index (χ2v) is 9.33. The number of nitrogens with one attached hydrogen (secondary N) is 1. The van der Waals surface area contributed by atoms with E-state index in [0.717, 1.165) is 59.2 Å². The van der Waals surface area contributed by atoms with Gasteiger partial charge in [0.1, 0.15) is 16.5 Å². The quantitative estimate of drug-likeness (QED) is 0.489. The maximum atomic E-state index is 13.3. The number of aromatic nitrogens is 3. The van der Waals surface area contributed by atoms with Gasteiger partial charge in [-0.2, -0.15) is 5.10 Å². The predicted molar refractivity (Wildman–Crippen MR) is 129 cm³/mol. The summed E-state index contributed by atoms with van der Waals surface area (Å²) in [6.07, 6.45) is 1.83. The van der Waals surface area contributed by atoms with Gasteiger partial charge < -0.3 is 15.1 Å². The van der Waals surface area contributed by atoms with Crippen molar-refractivity contribution in [2.24, 2.45) is 0 Å². The molecular formula is C24H25FN6OS. The zero-order valence-electron chi connectivity index (χ0n) is 18.6. The van der Waals surface area contributed by atoms with Crippen molar-refractivity contribution in [3.63, 3.8) is 0 Å². The number of thiophene rings is 1. The van der Waals surface area contributed by atoms with Gasteiger partial charge in [-0.05, 0) is 55.9 Å². The normalized spacial score (nSPS) is 14.7. The SMILES string of the molecule is Cc1nn(-c2ccc(F)cc2)c2sc(C(=O)NCc3ccc(N4CCN(C)CC4)nc3)cc12. The van der Waals surface area contributed by atoms with Crippen LogP contribution in [0.5, 0.6) is 0 Å². The highest BCUT2D eigenvalue weighted by atomic mass is 32.1. The first-order chi connectivity index (χ1) is 16.0. The van der Waals surface area contributed by atoms with Crippen molar-refractivity contribution in [1.29, 1.82) is 0 Å². The van der Waals surface area contributed by atoms with Crippen LogP contribution < -0.4 is 10.2 Å². The molecule has 0 unspecified atom stereocenters. The summed E-state index contributed by atoms with van der Waals surface area (Å²) >= 11 is 1.38. The molecule has 1 saturated heterocycles. The number of likely N-dealkylation sites (N-methyl/N-ethyl adjacent to an activating group) is 1. The van der Waals surface area contributed by atoms with Gasteiger partial charge in [0.2, 0.25) is 0 Å². The maximum Gasteiger partial charge on any atom is 0.261 e. The standard InChI is InChI=1S/C24H25FN6OS/c1-16-20-13-21(33-24(20)31(28-16)19-6-4-18(25)5-7-19)23(32)27-15-17-3-8-22(26-14-17)30-11-9-29(2)10-12-30/h3-8,13-14H,9-12,15H2,1-2H3,(H,27,32). The Morgan fingerprint density at radius 1 is 1.12 bits per heavy atom. The third-order valence-electron chi connectivity index (χ3n) is 5.93. The number of hydrogen-bond acceptors (Lipinski definition) is 6. The summed E-state index contributed by atoms with van der Waals surface area (Å²) in [6, 6.07) is 12.1. The Bertz CT molecular complexity index is 1270. The monoisotopic (exact) mass is 464 g/mol. The number of aryl methyl sites for hydroxylation is 1. The molecule has 1 aliphatic rings. The lowest BCUT2D eigenvalue weighted by molar-refractivity contribution is 0.0955. The third kappa shape index (κ3) is 4.46. The van der Waals surface area contributed by atoms with Crippen molar-refractivity contribution < 1.29 is 9.18 Å². The van der Waals surface area contributed by atoms with E-state index in [9.17, 15) is 9.18 Å². The molecule has 0 atom stereocenters. The molecule has 0 radical (unpaired) electrons. The Kier molecular flexibility index (Phi) is 5.82. The zero-order chi connectivity index (χ0) is 22.9. The van der Waals surface area contributed by atoms with Crippen LogP contribution in [0.25, 0.3) is 15.9 Å². The largest absolute Gasteiger partial charge is 0.354 e. The number of anilines is 1. The fourth-order valence-corrected chi connectivity index (χ4v) is 5.03. The number of carbonyl (C=O) groups is 1. The summed E-state index contributed by atoms with van der Waals surface area (Å²) in [5.74, 6) is 0.545. The van der Waals surface area contributed by atoms with E-state index < -0.39 is 0 Å². The van der Waals surface area contributed by atoms with E-state index in [4.69, 9.17) is 0 Å². The first-order valence-electron chi connectivity index (χ1n) is 10.9. The number of carbonyl (C=O) groups excluding carboxylic acids is 1. The molecule has 4 aromatic rings. The average molecular weight is 465 g/mol. The van der Waals surface area contributed by atoms with Crippen LogP contribution in [0.3, 0.4) is 0 Å². The topological polar surface area (TPSA) is 66.3 Å². The van der Waals surface area contributed by atoms with Gasteiger partial charge in [0.15, 0.2) is 0 Å². The van der Waals surface area contributed by atoms with E-state index in [0.29, 0.717) is 11.4 Å². The van der Waals surface area contributed by atoms with Crippen molar-refractivity contribution in [2.75, 3.05) is 38.1 Å². The second kappa shape index (κ2) is 8.92. The number of fused-ring (bicyclic) bond motifs is 1. The molecule has 9 heteroatoms. The van der Waals surface area contributed by atoms with Crippen LogP contribution >= 0.6 is 11.3 Å². The van der Waals surface area contributed by atoms with Crippen LogP contribution in [0.2, 0.25) is 0 Å². The zero-order valence-corrected chi connectivity index (χ0v) is 19.4. The van der Waals surface area contributed by atoms with Gasteiger partial charge in [-0.15, -0.1) is 11.3 Å². The Morgan fingerprint density at radius 3 is 2.58 bits per heavy atom. The summed E-state index contributed by atoms with van der Waals surface area (Å²) in [6.45, 7) is 6.33. The highest BCUT2D eigenvalue weighted by Gasteiger charge is 2.18. The molecule has 1 fully saturated rings. The molecule has 1 N–H and O–H groups in total. The van der Waals surface area contributed by atoms with Crippen molar-refractivity contribution in [1.82, 2.24) is 25.0 Å². The predicted octanol–water partition coefficient (Wildman–Crippen LogP) is 3.61. The molecule has 170 valence electrons. The molecular weight excluding hydrogens is 439 g/mol. The summed E-state index contributed by atoms with van der Waals surface area (Å²) < 4.78 is 15.1. The van der Waals surface area contributed by atoms with Crippen LogP contribution in [0.1, 0.15) is 20.9 Å². The van der Waals surface area contributed by atoms with E-state index in [1.165, 1.54) is 23.5 Å². The molecule has 1 aromatic carbocycles. The second-order valence-electron chi connectivity index (χ2n) is 8.30. The number of hydrogen-bond donors (Lipinski definition) is 1. The highest BCUT2D eigenvalue weighted by molar-refractivity contribution is 7.20. The Hall–Kier alpha value is -3.30. The number of halogens is 1. The fourth-order valence-electron chi connectivity index (χ4n) is 3.93. The smallest absolute Gasteiger partial charge is 0.261 e. The number of rotatable bonds is 5. The van der Waals surface area contributed by atoms with Crippen molar-refractivity contribution >= 4 is 33.3 Å². The van der Waals surface area contributed by atoms with E-state index in [2.05, 4.69) is 32.2 Å². The minimum Gasteiger partial charge on any atom is -0.354 e. The Morgan fingerprint density at radius 2 is 1.88 bits per heavy atom. The summed E-state index contributed by atoms with van der Waals surface area (Å²) in [7, 11) is 2.13. The maximum absolute atomic E-state index is 13.3. The van der Waals surface area contributed by atoms with Crippen molar-refractivity contribution in [3.8, 4) is 5.69 Å². The Labute approximate surface area is 195 Å². The summed E-state index contributed by atoms with van der Waals surface area (Å²) in [4.78, 5) is 23.5. The molecule has 4 heterocycles. The number of piperazine rings is 1. The molecule has 0 saturated carbocycles. The van der Waals surface area contributed by atoms with Crippen LogP contribution in [-0.4, -0.2) is 58.8 Å². The van der Waals surface area contributed by atoms with Gasteiger partial charge in [0.05, 0.1) is 16.3 Å². The minimum atomic E-state index is -0.295. The third-order valence-corrected chi connectivity index (χ3v) is 7.04. The molecule has 1 amide bonds. The van der Waals surface area contributed by atoms with Gasteiger partial charge in [0.25, 0.3) is 5.91 Å². The van der Waals surface area contributed by atoms with Gasteiger partial charge in [-0.1, -0.05) is 6.07 Å². The van der Waals surface area contributed by atoms with E-state index in [-0.39, 0.29) is 11.7 Å². The van der Waals surface area contributed by atoms with Gasteiger partial charge in [-0.3, -0.25) is 4.79 Å². The lowest BCUT2D eigenvalue weighted by Crippen LogP contribution is -2.44. The van der Waals surface area contributed by atoms with Gasteiger partial charge in [-0.25, -0.2) is 14.1 Å². The number of pyridine rings is 1. The van der Waals surface area contributed by atoms with E-state index in [1.54, 1.807) is 16.8 Å². The molecule has 1 aliphatic heterocycles. The van der Waals surface area contributed by atoms with E-state index >= 15 is 0 Å². The van der Waals surface area contributed by atoms with Crippen molar-refractivity contribution in [3.05, 3.63) is 70.6 Å².